The van der Waals surface area contributed by atoms with Gasteiger partial charge in [0.15, 0.2) is 10.6 Å². The van der Waals surface area contributed by atoms with Gasteiger partial charge in [0.2, 0.25) is 0 Å². The Morgan fingerprint density at radius 2 is 2.32 bits per heavy atom. The molecule has 2 heterocycles. The molecule has 2 aromatic heterocycles. The first kappa shape index (κ1) is 15.1. The number of aromatic nitrogens is 4. The van der Waals surface area contributed by atoms with Gasteiger partial charge < -0.3 is 0 Å². The van der Waals surface area contributed by atoms with E-state index in [-0.39, 0.29) is 0 Å². The molecule has 3 rings (SSSR count). The lowest BCUT2D eigenvalue weighted by Crippen LogP contribution is -2.29. The van der Waals surface area contributed by atoms with Crippen molar-refractivity contribution in [1.82, 2.24) is 24.2 Å². The first-order chi connectivity index (χ1) is 10.7. The summed E-state index contributed by atoms with van der Waals surface area (Å²) in [6.07, 6.45) is 7.99. The first-order valence-electron chi connectivity index (χ1n) is 7.67. The Morgan fingerprint density at radius 1 is 1.50 bits per heavy atom. The van der Waals surface area contributed by atoms with E-state index in [4.69, 9.17) is 17.3 Å². The van der Waals surface area contributed by atoms with Crippen LogP contribution in [0, 0.1) is 4.77 Å². The minimum absolute atomic E-state index is 0.651. The lowest BCUT2D eigenvalue weighted by atomic mass is 10.3. The van der Waals surface area contributed by atoms with Crippen LogP contribution in [0.1, 0.15) is 19.8 Å². The molecule has 1 aliphatic rings. The first-order valence-corrected chi connectivity index (χ1v) is 8.08. The molecule has 0 atom stereocenters. The highest BCUT2D eigenvalue weighted by Crippen LogP contribution is 2.27. The fraction of sp³-hybridized carbons (Fsp3) is 0.438. The van der Waals surface area contributed by atoms with Gasteiger partial charge in [-0.3, -0.25) is 14.5 Å². The number of pyridine rings is 1. The Bertz CT molecular complexity index is 699. The Hall–Kier alpha value is -1.79. The van der Waals surface area contributed by atoms with Crippen molar-refractivity contribution in [1.29, 1.82) is 0 Å². The highest BCUT2D eigenvalue weighted by molar-refractivity contribution is 7.71. The van der Waals surface area contributed by atoms with Crippen LogP contribution in [-0.4, -0.2) is 36.8 Å². The highest BCUT2D eigenvalue weighted by atomic mass is 32.1. The van der Waals surface area contributed by atoms with Crippen LogP contribution >= 0.6 is 12.2 Å². The topological polar surface area (TPSA) is 38.9 Å². The van der Waals surface area contributed by atoms with Gasteiger partial charge in [0.1, 0.15) is 0 Å². The number of allylic oxidation sites excluding steroid dienone is 1. The summed E-state index contributed by atoms with van der Waals surface area (Å²) in [6, 6.07) is 4.61. The fourth-order valence-electron chi connectivity index (χ4n) is 2.62. The lowest BCUT2D eigenvalue weighted by Gasteiger charge is -2.19. The highest BCUT2D eigenvalue weighted by Gasteiger charge is 2.28. The van der Waals surface area contributed by atoms with Gasteiger partial charge in [0, 0.05) is 30.5 Å². The van der Waals surface area contributed by atoms with Gasteiger partial charge in [-0.05, 0) is 43.7 Å². The van der Waals surface area contributed by atoms with Crippen LogP contribution in [-0.2, 0) is 13.2 Å². The van der Waals surface area contributed by atoms with Crippen molar-refractivity contribution in [3.8, 4) is 11.4 Å². The third kappa shape index (κ3) is 3.03. The summed E-state index contributed by atoms with van der Waals surface area (Å²) in [5, 5.41) is 4.74. The number of rotatable bonds is 7. The third-order valence-electron chi connectivity index (χ3n) is 3.94. The number of hydrogen-bond donors (Lipinski definition) is 0. The molecule has 0 aromatic carbocycles. The van der Waals surface area contributed by atoms with Crippen LogP contribution < -0.4 is 0 Å². The molecule has 0 radical (unpaired) electrons. The van der Waals surface area contributed by atoms with Crippen LogP contribution in [0.5, 0.6) is 0 Å². The van der Waals surface area contributed by atoms with Crippen molar-refractivity contribution < 1.29 is 0 Å². The molecule has 0 unspecified atom stereocenters. The van der Waals surface area contributed by atoms with Gasteiger partial charge in [0.05, 0.1) is 6.67 Å². The van der Waals surface area contributed by atoms with E-state index < -0.39 is 0 Å². The van der Waals surface area contributed by atoms with Crippen molar-refractivity contribution in [3.63, 3.8) is 0 Å². The minimum Gasteiger partial charge on any atom is -0.296 e. The molecule has 0 N–H and O–H groups in total. The van der Waals surface area contributed by atoms with E-state index in [1.165, 1.54) is 12.8 Å². The molecule has 22 heavy (non-hydrogen) atoms. The van der Waals surface area contributed by atoms with E-state index >= 15 is 0 Å². The van der Waals surface area contributed by atoms with Crippen molar-refractivity contribution in [2.45, 2.75) is 39.0 Å². The van der Waals surface area contributed by atoms with Crippen molar-refractivity contribution >= 4 is 12.2 Å². The molecule has 0 bridgehead atoms. The lowest BCUT2D eigenvalue weighted by molar-refractivity contribution is 0.206. The molecule has 0 aliphatic heterocycles. The van der Waals surface area contributed by atoms with E-state index in [1.807, 2.05) is 33.7 Å². The predicted octanol–water partition coefficient (Wildman–Crippen LogP) is 3.10. The summed E-state index contributed by atoms with van der Waals surface area (Å²) >= 11 is 5.62. The number of hydrogen-bond acceptors (Lipinski definition) is 4. The fourth-order valence-corrected chi connectivity index (χ4v) is 2.88. The maximum Gasteiger partial charge on any atom is 0.199 e. The minimum atomic E-state index is 0.651. The average Bonchev–Trinajstić information content (AvgIpc) is 3.34. The zero-order valence-electron chi connectivity index (χ0n) is 12.9. The molecule has 0 spiro atoms. The monoisotopic (exact) mass is 315 g/mol. The molecule has 5 nitrogen and oxygen atoms in total. The van der Waals surface area contributed by atoms with E-state index in [2.05, 4.69) is 23.4 Å². The standard InChI is InChI=1S/C16H21N5S/c1-3-10-20-15(13-6-5-9-17-11-13)18-21(16(20)22)12-19(4-2)14-7-8-14/h3,5-6,9,11,14H,1,4,7-8,10,12H2,2H3. The van der Waals surface area contributed by atoms with Crippen LogP contribution in [0.25, 0.3) is 11.4 Å². The largest absolute Gasteiger partial charge is 0.296 e. The molecule has 0 saturated heterocycles. The van der Waals surface area contributed by atoms with E-state index in [9.17, 15) is 0 Å². The maximum absolute atomic E-state index is 5.62. The summed E-state index contributed by atoms with van der Waals surface area (Å²) in [7, 11) is 0. The van der Waals surface area contributed by atoms with Crippen molar-refractivity contribution in [3.05, 3.63) is 42.0 Å². The van der Waals surface area contributed by atoms with Crippen LogP contribution in [0.15, 0.2) is 37.2 Å². The quantitative estimate of drug-likeness (QED) is 0.581. The third-order valence-corrected chi connectivity index (χ3v) is 4.37. The van der Waals surface area contributed by atoms with E-state index in [0.29, 0.717) is 12.6 Å². The van der Waals surface area contributed by atoms with Crippen LogP contribution in [0.4, 0.5) is 0 Å². The van der Waals surface area contributed by atoms with E-state index in [0.717, 1.165) is 29.4 Å². The van der Waals surface area contributed by atoms with Crippen LogP contribution in [0.2, 0.25) is 0 Å². The zero-order valence-corrected chi connectivity index (χ0v) is 13.7. The Morgan fingerprint density at radius 3 is 2.91 bits per heavy atom. The molecular formula is C16H21N5S. The second-order valence-electron chi connectivity index (χ2n) is 5.52. The Kier molecular flexibility index (Phi) is 4.49. The van der Waals surface area contributed by atoms with E-state index in [1.54, 1.807) is 6.20 Å². The molecule has 6 heteroatoms. The van der Waals surface area contributed by atoms with Gasteiger partial charge >= 0.3 is 0 Å². The SMILES string of the molecule is C=CCn1c(-c2cccnc2)nn(CN(CC)C2CC2)c1=S. The van der Waals surface area contributed by atoms with Crippen molar-refractivity contribution in [2.75, 3.05) is 6.54 Å². The number of nitrogens with zero attached hydrogens (tertiary/aromatic N) is 5. The van der Waals surface area contributed by atoms with Crippen LogP contribution in [0.3, 0.4) is 0 Å². The molecule has 2 aromatic rings. The van der Waals surface area contributed by atoms with Gasteiger partial charge in [0.25, 0.3) is 0 Å². The van der Waals surface area contributed by atoms with Crippen molar-refractivity contribution in [2.24, 2.45) is 0 Å². The summed E-state index contributed by atoms with van der Waals surface area (Å²) in [5.41, 5.74) is 0.976. The van der Waals surface area contributed by atoms with Gasteiger partial charge in [-0.2, -0.15) is 5.10 Å². The summed E-state index contributed by atoms with van der Waals surface area (Å²) in [5.74, 6) is 0.852. The maximum atomic E-state index is 5.62. The molecule has 0 amide bonds. The summed E-state index contributed by atoms with van der Waals surface area (Å²) < 4.78 is 4.67. The normalized spacial score (nSPS) is 14.5. The Labute approximate surface area is 135 Å². The predicted molar refractivity (Wildman–Crippen MR) is 89.9 cm³/mol. The second kappa shape index (κ2) is 6.54. The smallest absolute Gasteiger partial charge is 0.199 e. The van der Waals surface area contributed by atoms with Gasteiger partial charge in [-0.1, -0.05) is 13.0 Å². The van der Waals surface area contributed by atoms with Gasteiger partial charge in [-0.15, -0.1) is 6.58 Å². The molecule has 116 valence electrons. The average molecular weight is 315 g/mol. The summed E-state index contributed by atoms with van der Waals surface area (Å²) in [6.45, 7) is 8.43. The molecular weight excluding hydrogens is 294 g/mol. The zero-order chi connectivity index (χ0) is 15.5. The second-order valence-corrected chi connectivity index (χ2v) is 5.89. The molecule has 1 fully saturated rings. The Balaban J connectivity index is 1.97. The van der Waals surface area contributed by atoms with Gasteiger partial charge in [-0.25, -0.2) is 4.68 Å². The summed E-state index contributed by atoms with van der Waals surface area (Å²) in [4.78, 5) is 6.61. The molecule has 1 saturated carbocycles. The molecule has 1 aliphatic carbocycles.